The van der Waals surface area contributed by atoms with Crippen LogP contribution in [0.25, 0.3) is 0 Å². The second kappa shape index (κ2) is 5.24. The third-order valence-electron chi connectivity index (χ3n) is 1.66. The smallest absolute Gasteiger partial charge is 0.266 e. The van der Waals surface area contributed by atoms with E-state index in [2.05, 4.69) is 21.2 Å². The highest BCUT2D eigenvalue weighted by atomic mass is 31.2. The summed E-state index contributed by atoms with van der Waals surface area (Å²) in [5.41, 5.74) is 5.35. The van der Waals surface area contributed by atoms with Crippen LogP contribution in [0.1, 0.15) is 0 Å². The molecule has 0 atom stereocenters. The molecule has 0 aliphatic carbocycles. The molecule has 1 aromatic rings. The number of rotatable bonds is 5. The average Bonchev–Trinajstić information content (AvgIpc) is 2.20. The van der Waals surface area contributed by atoms with Gasteiger partial charge in [-0.3, -0.25) is 15.4 Å². The zero-order chi connectivity index (χ0) is 10.4. The molecule has 78 valence electrons. The van der Waals surface area contributed by atoms with Crippen molar-refractivity contribution in [3.05, 3.63) is 30.3 Å². The lowest BCUT2D eigenvalue weighted by atomic mass is 10.4. The van der Waals surface area contributed by atoms with Crippen LogP contribution in [0.15, 0.2) is 30.3 Å². The minimum Gasteiger partial charge on any atom is -0.281 e. The van der Waals surface area contributed by atoms with E-state index in [1.807, 2.05) is 18.2 Å². The third kappa shape index (κ3) is 2.64. The monoisotopic (exact) mass is 214 g/mol. The lowest BCUT2D eigenvalue weighted by Gasteiger charge is -2.19. The Balaban J connectivity index is 2.94. The predicted octanol–water partition coefficient (Wildman–Crippen LogP) is -0.0470. The Labute approximate surface area is 83.7 Å². The first-order chi connectivity index (χ1) is 6.73. The van der Waals surface area contributed by atoms with Crippen molar-refractivity contribution in [2.45, 2.75) is 0 Å². The topological polar surface area (TPSA) is 65.2 Å². The Morgan fingerprint density at radius 3 is 1.93 bits per heavy atom. The van der Waals surface area contributed by atoms with E-state index in [0.717, 1.165) is 0 Å². The summed E-state index contributed by atoms with van der Waals surface area (Å²) in [5.74, 6) is 0. The molecular weight excluding hydrogens is 199 g/mol. The molecule has 0 radical (unpaired) electrons. The second-order valence-electron chi connectivity index (χ2n) is 2.67. The van der Waals surface area contributed by atoms with Gasteiger partial charge in [0.1, 0.15) is 0 Å². The van der Waals surface area contributed by atoms with E-state index in [0.29, 0.717) is 5.30 Å². The number of hydrogen-bond donors (Lipinski definition) is 4. The molecular formula is C8H15N4OP. The first-order valence-electron chi connectivity index (χ1n) is 4.26. The summed E-state index contributed by atoms with van der Waals surface area (Å²) in [6.45, 7) is 0. The third-order valence-corrected chi connectivity index (χ3v) is 3.76. The zero-order valence-corrected chi connectivity index (χ0v) is 9.14. The maximum absolute atomic E-state index is 12.3. The fourth-order valence-corrected chi connectivity index (χ4v) is 2.65. The molecule has 14 heavy (non-hydrogen) atoms. The zero-order valence-electron chi connectivity index (χ0n) is 8.24. The van der Waals surface area contributed by atoms with Gasteiger partial charge in [-0.2, -0.15) is 10.4 Å². The van der Waals surface area contributed by atoms with Gasteiger partial charge in [0.15, 0.2) is 0 Å². The Morgan fingerprint density at radius 1 is 1.00 bits per heavy atom. The minimum atomic E-state index is -2.79. The van der Waals surface area contributed by atoms with Crippen molar-refractivity contribution in [1.82, 2.24) is 21.2 Å². The first-order valence-corrected chi connectivity index (χ1v) is 5.97. The highest BCUT2D eigenvalue weighted by Crippen LogP contribution is 2.31. The van der Waals surface area contributed by atoms with Crippen LogP contribution in [0.5, 0.6) is 0 Å². The van der Waals surface area contributed by atoms with Gasteiger partial charge in [0.05, 0.1) is 0 Å². The predicted molar refractivity (Wildman–Crippen MR) is 58.1 cm³/mol. The van der Waals surface area contributed by atoms with E-state index in [1.54, 1.807) is 26.2 Å². The first kappa shape index (κ1) is 11.4. The van der Waals surface area contributed by atoms with Crippen LogP contribution in [0.2, 0.25) is 0 Å². The van der Waals surface area contributed by atoms with Crippen LogP contribution in [-0.2, 0) is 4.57 Å². The quantitative estimate of drug-likeness (QED) is 0.409. The van der Waals surface area contributed by atoms with Crippen LogP contribution in [0, 0.1) is 0 Å². The lowest BCUT2D eigenvalue weighted by molar-refractivity contribution is 0.544. The van der Waals surface area contributed by atoms with Gasteiger partial charge in [-0.15, -0.1) is 0 Å². The molecule has 0 aliphatic rings. The molecule has 1 aromatic carbocycles. The Kier molecular flexibility index (Phi) is 4.25. The molecule has 6 heteroatoms. The Morgan fingerprint density at radius 2 is 1.50 bits per heavy atom. The summed E-state index contributed by atoms with van der Waals surface area (Å²) in [7, 11) is 0.553. The summed E-state index contributed by atoms with van der Waals surface area (Å²) < 4.78 is 12.3. The maximum atomic E-state index is 12.3. The largest absolute Gasteiger partial charge is 0.281 e. The average molecular weight is 214 g/mol. The van der Waals surface area contributed by atoms with Gasteiger partial charge in [-0.05, 0) is 26.2 Å². The van der Waals surface area contributed by atoms with Crippen molar-refractivity contribution in [1.29, 1.82) is 0 Å². The van der Waals surface area contributed by atoms with E-state index >= 15 is 0 Å². The molecule has 0 aliphatic heterocycles. The summed E-state index contributed by atoms with van der Waals surface area (Å²) in [5, 5.41) is 6.13. The van der Waals surface area contributed by atoms with E-state index in [-0.39, 0.29) is 0 Å². The number of hydrogen-bond acceptors (Lipinski definition) is 3. The minimum absolute atomic E-state index is 0.712. The number of hydrazine groups is 2. The van der Waals surface area contributed by atoms with Crippen LogP contribution in [-0.4, -0.2) is 14.1 Å². The van der Waals surface area contributed by atoms with Crippen molar-refractivity contribution in [3.8, 4) is 0 Å². The molecule has 0 unspecified atom stereocenters. The van der Waals surface area contributed by atoms with Gasteiger partial charge < -0.3 is 0 Å². The molecule has 0 aromatic heterocycles. The van der Waals surface area contributed by atoms with Crippen molar-refractivity contribution >= 4 is 12.7 Å². The van der Waals surface area contributed by atoms with E-state index in [1.165, 1.54) is 0 Å². The van der Waals surface area contributed by atoms with Crippen molar-refractivity contribution < 1.29 is 4.57 Å². The van der Waals surface area contributed by atoms with E-state index in [4.69, 9.17) is 0 Å². The van der Waals surface area contributed by atoms with Crippen LogP contribution in [0.3, 0.4) is 0 Å². The van der Waals surface area contributed by atoms with E-state index < -0.39 is 7.44 Å². The lowest BCUT2D eigenvalue weighted by Crippen LogP contribution is -2.40. The van der Waals surface area contributed by atoms with Crippen LogP contribution >= 0.6 is 7.44 Å². The standard InChI is InChI=1S/C8H15N4OP/c1-9-11-14(13,12-10-2)8-6-4-3-5-7-8/h3-7,9-10H,1-2H3,(H2,11,12,13). The SMILES string of the molecule is CNNP(=O)(NNC)c1ccccc1. The fraction of sp³-hybridized carbons (Fsp3) is 0.250. The normalized spacial score (nSPS) is 11.6. The summed E-state index contributed by atoms with van der Waals surface area (Å²) >= 11 is 0. The van der Waals surface area contributed by atoms with Gasteiger partial charge in [-0.1, -0.05) is 18.2 Å². The molecule has 0 saturated carbocycles. The van der Waals surface area contributed by atoms with Gasteiger partial charge >= 0.3 is 0 Å². The molecule has 0 amide bonds. The van der Waals surface area contributed by atoms with Crippen molar-refractivity contribution in [2.24, 2.45) is 0 Å². The molecule has 0 heterocycles. The molecule has 0 bridgehead atoms. The second-order valence-corrected chi connectivity index (χ2v) is 4.85. The van der Waals surface area contributed by atoms with E-state index in [9.17, 15) is 4.57 Å². The summed E-state index contributed by atoms with van der Waals surface area (Å²) in [4.78, 5) is 0. The fourth-order valence-electron chi connectivity index (χ4n) is 1.11. The van der Waals surface area contributed by atoms with Gasteiger partial charge in [0.25, 0.3) is 7.44 Å². The molecule has 4 N–H and O–H groups in total. The molecule has 0 saturated heterocycles. The molecule has 1 rings (SSSR count). The van der Waals surface area contributed by atoms with Gasteiger partial charge in [0, 0.05) is 5.30 Å². The molecule has 0 spiro atoms. The van der Waals surface area contributed by atoms with Crippen molar-refractivity contribution in [2.75, 3.05) is 14.1 Å². The maximum Gasteiger partial charge on any atom is 0.266 e. The highest BCUT2D eigenvalue weighted by molar-refractivity contribution is 7.67. The Bertz CT molecular complexity index is 306. The van der Waals surface area contributed by atoms with Crippen LogP contribution < -0.4 is 26.5 Å². The summed E-state index contributed by atoms with van der Waals surface area (Å²) in [6.07, 6.45) is 0. The number of nitrogens with one attached hydrogen (secondary N) is 4. The van der Waals surface area contributed by atoms with Crippen LogP contribution in [0.4, 0.5) is 0 Å². The van der Waals surface area contributed by atoms with Crippen molar-refractivity contribution in [3.63, 3.8) is 0 Å². The molecule has 0 fully saturated rings. The summed E-state index contributed by atoms with van der Waals surface area (Å²) in [6, 6.07) is 9.17. The highest BCUT2D eigenvalue weighted by Gasteiger charge is 2.21. The number of benzene rings is 1. The Hall–Kier alpha value is -0.710. The molecule has 5 nitrogen and oxygen atoms in total. The van der Waals surface area contributed by atoms with Gasteiger partial charge in [-0.25, -0.2) is 0 Å². The van der Waals surface area contributed by atoms with Gasteiger partial charge in [0.2, 0.25) is 0 Å².